The number of hydrogen-bond donors (Lipinski definition) is 1. The van der Waals surface area contributed by atoms with Crippen LogP contribution in [0.3, 0.4) is 0 Å². The molecule has 0 aromatic heterocycles. The summed E-state index contributed by atoms with van der Waals surface area (Å²) in [4.78, 5) is 0. The van der Waals surface area contributed by atoms with Crippen molar-refractivity contribution in [3.63, 3.8) is 0 Å². The number of fused-ring (bicyclic) bond motifs is 1. The highest BCUT2D eigenvalue weighted by Gasteiger charge is 2.44. The maximum atomic E-state index is 9.40. The first kappa shape index (κ1) is 16.8. The molecule has 0 aromatic carbocycles. The second-order valence-corrected chi connectivity index (χ2v) is 13.2. The highest BCUT2D eigenvalue weighted by atomic mass is 28.4. The predicted octanol–water partition coefficient (Wildman–Crippen LogP) is 5.02. The first-order valence-corrected chi connectivity index (χ1v) is 11.3. The first-order chi connectivity index (χ1) is 9.61. The van der Waals surface area contributed by atoms with Crippen molar-refractivity contribution in [2.75, 3.05) is 6.61 Å². The molecule has 21 heavy (non-hydrogen) atoms. The van der Waals surface area contributed by atoms with E-state index in [-0.39, 0.29) is 17.1 Å². The average Bonchev–Trinajstić information content (AvgIpc) is 2.66. The van der Waals surface area contributed by atoms with Gasteiger partial charge in [0, 0.05) is 12.0 Å². The van der Waals surface area contributed by atoms with Crippen LogP contribution in [0.5, 0.6) is 0 Å². The summed E-state index contributed by atoms with van der Waals surface area (Å²) < 4.78 is 6.62. The Hall–Kier alpha value is -0.543. The van der Waals surface area contributed by atoms with Gasteiger partial charge in [0.1, 0.15) is 5.76 Å². The molecule has 0 aliphatic heterocycles. The molecule has 0 heterocycles. The quantitative estimate of drug-likeness (QED) is 0.739. The summed E-state index contributed by atoms with van der Waals surface area (Å²) in [5, 5.41) is 9.61. The topological polar surface area (TPSA) is 29.5 Å². The Bertz CT molecular complexity index is 454. The van der Waals surface area contributed by atoms with Gasteiger partial charge in [0.25, 0.3) is 0 Å². The third-order valence-electron chi connectivity index (χ3n) is 5.79. The lowest BCUT2D eigenvalue weighted by atomic mass is 9.67. The summed E-state index contributed by atoms with van der Waals surface area (Å²) in [6.07, 6.45) is 9.09. The molecule has 1 fully saturated rings. The molecule has 1 saturated carbocycles. The van der Waals surface area contributed by atoms with Crippen LogP contribution in [0.4, 0.5) is 0 Å². The minimum Gasteiger partial charge on any atom is -0.544 e. The molecule has 0 radical (unpaired) electrons. The van der Waals surface area contributed by atoms with Crippen molar-refractivity contribution in [2.24, 2.45) is 11.3 Å². The van der Waals surface area contributed by atoms with Gasteiger partial charge in [0.05, 0.1) is 0 Å². The van der Waals surface area contributed by atoms with Crippen molar-refractivity contribution in [2.45, 2.75) is 71.5 Å². The van der Waals surface area contributed by atoms with E-state index >= 15 is 0 Å². The van der Waals surface area contributed by atoms with Crippen molar-refractivity contribution in [1.82, 2.24) is 0 Å². The van der Waals surface area contributed by atoms with Crippen LogP contribution in [-0.2, 0) is 4.43 Å². The van der Waals surface area contributed by atoms with E-state index in [1.165, 1.54) is 24.8 Å². The van der Waals surface area contributed by atoms with E-state index in [4.69, 9.17) is 4.43 Å². The number of hydrogen-bond acceptors (Lipinski definition) is 2. The van der Waals surface area contributed by atoms with Crippen LogP contribution in [0.15, 0.2) is 23.5 Å². The van der Waals surface area contributed by atoms with E-state index in [9.17, 15) is 5.11 Å². The standard InChI is InChI=1S/C18H32O2Si/c1-17(2,3)21(5,6)20-15-9-12-18(4)11-7-8-14(10-13-19)16(15)18/h9,12,14,19H,7-8,10-11,13H2,1-6H3. The normalized spacial score (nSPS) is 29.8. The molecular weight excluding hydrogens is 276 g/mol. The molecule has 0 spiro atoms. The van der Waals surface area contributed by atoms with E-state index in [2.05, 4.69) is 52.9 Å². The minimum absolute atomic E-state index is 0.162. The highest BCUT2D eigenvalue weighted by molar-refractivity contribution is 6.74. The van der Waals surface area contributed by atoms with Gasteiger partial charge in [-0.15, -0.1) is 0 Å². The van der Waals surface area contributed by atoms with Crippen LogP contribution < -0.4 is 0 Å². The van der Waals surface area contributed by atoms with Crippen molar-refractivity contribution in [3.8, 4) is 0 Å². The Balaban J connectivity index is 2.34. The fourth-order valence-electron chi connectivity index (χ4n) is 3.43. The molecule has 0 amide bonds. The Morgan fingerprint density at radius 3 is 2.62 bits per heavy atom. The zero-order valence-corrected chi connectivity index (χ0v) is 15.6. The minimum atomic E-state index is -1.80. The molecule has 1 N–H and O–H groups in total. The second kappa shape index (κ2) is 5.58. The Morgan fingerprint density at radius 1 is 1.38 bits per heavy atom. The molecule has 0 aromatic rings. The molecular formula is C18H32O2Si. The molecule has 0 saturated heterocycles. The Morgan fingerprint density at radius 2 is 2.05 bits per heavy atom. The zero-order chi connectivity index (χ0) is 15.9. The summed E-state index contributed by atoms with van der Waals surface area (Å²) in [6.45, 7) is 14.1. The third-order valence-corrected chi connectivity index (χ3v) is 10.1. The average molecular weight is 309 g/mol. The van der Waals surface area contributed by atoms with Crippen molar-refractivity contribution >= 4 is 8.32 Å². The third kappa shape index (κ3) is 3.14. The van der Waals surface area contributed by atoms with Gasteiger partial charge in [-0.2, -0.15) is 0 Å². The Kier molecular flexibility index (Phi) is 4.47. The lowest BCUT2D eigenvalue weighted by Gasteiger charge is -2.41. The fraction of sp³-hybridized carbons (Fsp3) is 0.778. The van der Waals surface area contributed by atoms with Crippen LogP contribution in [0.1, 0.15) is 53.4 Å². The summed E-state index contributed by atoms with van der Waals surface area (Å²) >= 11 is 0. The van der Waals surface area contributed by atoms with Crippen molar-refractivity contribution in [1.29, 1.82) is 0 Å². The molecule has 2 aliphatic carbocycles. The summed E-state index contributed by atoms with van der Waals surface area (Å²) in [5.41, 5.74) is 1.63. The lowest BCUT2D eigenvalue weighted by molar-refractivity contribution is 0.225. The summed E-state index contributed by atoms with van der Waals surface area (Å²) in [6, 6.07) is 0. The zero-order valence-electron chi connectivity index (χ0n) is 14.6. The molecule has 3 heteroatoms. The molecule has 120 valence electrons. The van der Waals surface area contributed by atoms with Crippen LogP contribution in [-0.4, -0.2) is 20.0 Å². The molecule has 2 rings (SSSR count). The van der Waals surface area contributed by atoms with Gasteiger partial charge >= 0.3 is 0 Å². The summed E-state index contributed by atoms with van der Waals surface area (Å²) in [7, 11) is -1.80. The largest absolute Gasteiger partial charge is 0.544 e. The number of aliphatic hydroxyl groups is 1. The molecule has 2 aliphatic rings. The van der Waals surface area contributed by atoms with Gasteiger partial charge in [-0.3, -0.25) is 0 Å². The van der Waals surface area contributed by atoms with Gasteiger partial charge in [0.2, 0.25) is 8.32 Å². The molecule has 0 bridgehead atoms. The van der Waals surface area contributed by atoms with Gasteiger partial charge in [-0.1, -0.05) is 40.2 Å². The SMILES string of the molecule is CC12C=CC(O[Si](C)(C)C(C)(C)C)=C1C(CCO)CCC2. The summed E-state index contributed by atoms with van der Waals surface area (Å²) in [5.74, 6) is 1.62. The van der Waals surface area contributed by atoms with Crippen LogP contribution >= 0.6 is 0 Å². The van der Waals surface area contributed by atoms with Crippen LogP contribution in [0, 0.1) is 11.3 Å². The van der Waals surface area contributed by atoms with Gasteiger partial charge in [-0.25, -0.2) is 0 Å². The highest BCUT2D eigenvalue weighted by Crippen LogP contribution is 2.52. The monoisotopic (exact) mass is 308 g/mol. The van der Waals surface area contributed by atoms with Crippen molar-refractivity contribution < 1.29 is 9.53 Å². The van der Waals surface area contributed by atoms with E-state index in [1.54, 1.807) is 0 Å². The number of aliphatic hydroxyl groups excluding tert-OH is 1. The van der Waals surface area contributed by atoms with Crippen LogP contribution in [0.25, 0.3) is 0 Å². The maximum Gasteiger partial charge on any atom is 0.250 e. The van der Waals surface area contributed by atoms with E-state index < -0.39 is 8.32 Å². The lowest BCUT2D eigenvalue weighted by Crippen LogP contribution is -2.41. The van der Waals surface area contributed by atoms with E-state index in [1.807, 2.05) is 0 Å². The van der Waals surface area contributed by atoms with Gasteiger partial charge < -0.3 is 9.53 Å². The smallest absolute Gasteiger partial charge is 0.250 e. The maximum absolute atomic E-state index is 9.40. The van der Waals surface area contributed by atoms with Crippen LogP contribution in [0.2, 0.25) is 18.1 Å². The molecule has 2 unspecified atom stereocenters. The fourth-order valence-corrected chi connectivity index (χ4v) is 4.46. The molecule has 2 atom stereocenters. The Labute approximate surface area is 131 Å². The van der Waals surface area contributed by atoms with Gasteiger partial charge in [0.15, 0.2) is 0 Å². The van der Waals surface area contributed by atoms with Crippen molar-refractivity contribution in [3.05, 3.63) is 23.5 Å². The predicted molar refractivity (Wildman–Crippen MR) is 91.6 cm³/mol. The first-order valence-electron chi connectivity index (χ1n) is 8.34. The van der Waals surface area contributed by atoms with E-state index in [0.29, 0.717) is 5.92 Å². The van der Waals surface area contributed by atoms with E-state index in [0.717, 1.165) is 12.2 Å². The number of rotatable bonds is 4. The van der Waals surface area contributed by atoms with Gasteiger partial charge in [-0.05, 0) is 55.0 Å². The molecule has 2 nitrogen and oxygen atoms in total. The number of allylic oxidation sites excluding steroid dienone is 3. The second-order valence-electron chi connectivity index (χ2n) is 8.49.